The first kappa shape index (κ1) is 23.6. The molecule has 4 aromatic carbocycles. The molecule has 2 N–H and O–H groups in total. The van der Waals surface area contributed by atoms with E-state index >= 15 is 0 Å². The number of fused-ring (bicyclic) bond motifs is 1. The first-order valence-electron chi connectivity index (χ1n) is 11.4. The van der Waals surface area contributed by atoms with E-state index in [2.05, 4.69) is 10.6 Å². The van der Waals surface area contributed by atoms with Crippen molar-refractivity contribution in [2.45, 2.75) is 37.3 Å². The maximum Gasteiger partial charge on any atom is 0.255 e. The second-order valence-corrected chi connectivity index (χ2v) is 9.59. The van der Waals surface area contributed by atoms with Crippen molar-refractivity contribution in [2.24, 2.45) is 0 Å². The van der Waals surface area contributed by atoms with Crippen LogP contribution < -0.4 is 10.6 Å². The van der Waals surface area contributed by atoms with E-state index in [1.54, 1.807) is 0 Å². The highest BCUT2D eigenvalue weighted by Crippen LogP contribution is 2.30. The molecule has 0 bridgehead atoms. The average Bonchev–Trinajstić information content (AvgIpc) is 2.84. The molecule has 0 aromatic heterocycles. The summed E-state index contributed by atoms with van der Waals surface area (Å²) in [5.41, 5.74) is 4.28. The number of hydrogen-bond acceptors (Lipinski definition) is 3. The SMILES string of the molecule is CCC(Sc1cccc(NC(=O)c2ccc3ccccc3c2)c1)C(=O)Nc1c(C)cccc1C. The quantitative estimate of drug-likeness (QED) is 0.282. The van der Waals surface area contributed by atoms with Crippen LogP contribution in [-0.4, -0.2) is 17.1 Å². The maximum absolute atomic E-state index is 13.0. The standard InChI is InChI=1S/C29H28N2O2S/c1-4-26(29(33)31-27-19(2)9-7-10-20(27)3)34-25-14-8-13-24(18-25)30-28(32)23-16-15-21-11-5-6-12-22(21)17-23/h5-18,26H,4H2,1-3H3,(H,30,32)(H,31,33). The Balaban J connectivity index is 1.45. The second kappa shape index (κ2) is 10.6. The molecule has 1 atom stereocenters. The van der Waals surface area contributed by atoms with Gasteiger partial charge in [0, 0.05) is 21.8 Å². The summed E-state index contributed by atoms with van der Waals surface area (Å²) in [5.74, 6) is -0.178. The molecule has 5 heteroatoms. The summed E-state index contributed by atoms with van der Waals surface area (Å²) >= 11 is 1.50. The van der Waals surface area contributed by atoms with E-state index in [1.165, 1.54) is 11.8 Å². The zero-order valence-electron chi connectivity index (χ0n) is 19.6. The highest BCUT2D eigenvalue weighted by atomic mass is 32.2. The lowest BCUT2D eigenvalue weighted by atomic mass is 10.1. The molecule has 4 rings (SSSR count). The number of aryl methyl sites for hydroxylation is 2. The van der Waals surface area contributed by atoms with Crippen molar-refractivity contribution >= 4 is 45.7 Å². The van der Waals surface area contributed by atoms with Crippen molar-refractivity contribution in [1.82, 2.24) is 0 Å². The molecule has 0 aliphatic heterocycles. The number of hydrogen-bond donors (Lipinski definition) is 2. The fraction of sp³-hybridized carbons (Fsp3) is 0.172. The summed E-state index contributed by atoms with van der Waals surface area (Å²) in [4.78, 5) is 26.8. The molecule has 0 aliphatic rings. The van der Waals surface area contributed by atoms with Gasteiger partial charge in [0.15, 0.2) is 0 Å². The summed E-state index contributed by atoms with van der Waals surface area (Å²) in [5, 5.41) is 7.97. The Labute approximate surface area is 204 Å². The molecule has 34 heavy (non-hydrogen) atoms. The molecule has 2 amide bonds. The molecule has 4 aromatic rings. The molecule has 0 saturated carbocycles. The van der Waals surface area contributed by atoms with Gasteiger partial charge in [0.1, 0.15) is 0 Å². The van der Waals surface area contributed by atoms with E-state index in [-0.39, 0.29) is 17.1 Å². The van der Waals surface area contributed by atoms with Crippen LogP contribution in [0, 0.1) is 13.8 Å². The average molecular weight is 469 g/mol. The molecule has 0 radical (unpaired) electrons. The van der Waals surface area contributed by atoms with Gasteiger partial charge in [0.25, 0.3) is 5.91 Å². The van der Waals surface area contributed by atoms with Crippen LogP contribution in [0.25, 0.3) is 10.8 Å². The van der Waals surface area contributed by atoms with Gasteiger partial charge in [-0.1, -0.05) is 61.5 Å². The van der Waals surface area contributed by atoms with E-state index in [0.717, 1.165) is 32.5 Å². The number of rotatable bonds is 7. The van der Waals surface area contributed by atoms with Crippen molar-refractivity contribution in [3.05, 3.63) is 102 Å². The predicted molar refractivity (Wildman–Crippen MR) is 143 cm³/mol. The zero-order valence-corrected chi connectivity index (χ0v) is 20.4. The number of carbonyl (C=O) groups excluding carboxylic acids is 2. The van der Waals surface area contributed by atoms with Gasteiger partial charge in [0.05, 0.1) is 5.25 Å². The van der Waals surface area contributed by atoms with Crippen molar-refractivity contribution in [3.8, 4) is 0 Å². The normalized spacial score (nSPS) is 11.7. The highest BCUT2D eigenvalue weighted by Gasteiger charge is 2.20. The van der Waals surface area contributed by atoms with Gasteiger partial charge in [-0.25, -0.2) is 0 Å². The molecule has 1 unspecified atom stereocenters. The minimum atomic E-state index is -0.245. The van der Waals surface area contributed by atoms with Gasteiger partial charge in [-0.15, -0.1) is 11.8 Å². The highest BCUT2D eigenvalue weighted by molar-refractivity contribution is 8.00. The number of para-hydroxylation sites is 1. The summed E-state index contributed by atoms with van der Waals surface area (Å²) < 4.78 is 0. The summed E-state index contributed by atoms with van der Waals surface area (Å²) in [6.07, 6.45) is 0.690. The molecule has 0 aliphatic carbocycles. The predicted octanol–water partition coefficient (Wildman–Crippen LogP) is 7.22. The molecule has 0 fully saturated rings. The van der Waals surface area contributed by atoms with Crippen molar-refractivity contribution < 1.29 is 9.59 Å². The van der Waals surface area contributed by atoms with Crippen LogP contribution in [0.15, 0.2) is 89.8 Å². The van der Waals surface area contributed by atoms with E-state index in [9.17, 15) is 9.59 Å². The van der Waals surface area contributed by atoms with Crippen molar-refractivity contribution in [2.75, 3.05) is 10.6 Å². The van der Waals surface area contributed by atoms with Crippen LogP contribution in [0.3, 0.4) is 0 Å². The van der Waals surface area contributed by atoms with Gasteiger partial charge in [-0.2, -0.15) is 0 Å². The van der Waals surface area contributed by atoms with Gasteiger partial charge in [-0.3, -0.25) is 9.59 Å². The van der Waals surface area contributed by atoms with Crippen LogP contribution >= 0.6 is 11.8 Å². The Hall–Kier alpha value is -3.57. The van der Waals surface area contributed by atoms with Crippen molar-refractivity contribution in [1.29, 1.82) is 0 Å². The van der Waals surface area contributed by atoms with Gasteiger partial charge < -0.3 is 10.6 Å². The van der Waals surface area contributed by atoms with Crippen LogP contribution in [0.1, 0.15) is 34.8 Å². The molecule has 172 valence electrons. The number of benzene rings is 4. The number of thioether (sulfide) groups is 1. The van der Waals surface area contributed by atoms with Gasteiger partial charge in [0.2, 0.25) is 5.91 Å². The minimum absolute atomic E-state index is 0.0181. The fourth-order valence-electron chi connectivity index (χ4n) is 3.88. The molecule has 0 saturated heterocycles. The topological polar surface area (TPSA) is 58.2 Å². The van der Waals surface area contributed by atoms with E-state index in [1.807, 2.05) is 106 Å². The second-order valence-electron chi connectivity index (χ2n) is 8.31. The molecular weight excluding hydrogens is 440 g/mol. The first-order valence-corrected chi connectivity index (χ1v) is 12.3. The third-order valence-corrected chi connectivity index (χ3v) is 7.13. The molecule has 0 spiro atoms. The number of amides is 2. The number of nitrogens with one attached hydrogen (secondary N) is 2. The lowest BCUT2D eigenvalue weighted by molar-refractivity contribution is -0.115. The Morgan fingerprint density at radius 2 is 1.50 bits per heavy atom. The van der Waals surface area contributed by atoms with Crippen LogP contribution in [-0.2, 0) is 4.79 Å². The Morgan fingerprint density at radius 3 is 2.24 bits per heavy atom. The third-order valence-electron chi connectivity index (χ3n) is 5.77. The van der Waals surface area contributed by atoms with Crippen LogP contribution in [0.2, 0.25) is 0 Å². The molecule has 4 nitrogen and oxygen atoms in total. The van der Waals surface area contributed by atoms with Gasteiger partial charge >= 0.3 is 0 Å². The lowest BCUT2D eigenvalue weighted by Gasteiger charge is -2.18. The number of anilines is 2. The summed E-state index contributed by atoms with van der Waals surface area (Å²) in [6.45, 7) is 6.00. The van der Waals surface area contributed by atoms with E-state index in [4.69, 9.17) is 0 Å². The summed E-state index contributed by atoms with van der Waals surface area (Å²) in [7, 11) is 0. The maximum atomic E-state index is 13.0. The molecular formula is C29H28N2O2S. The largest absolute Gasteiger partial charge is 0.325 e. The van der Waals surface area contributed by atoms with Crippen molar-refractivity contribution in [3.63, 3.8) is 0 Å². The Kier molecular flexibility index (Phi) is 7.33. The lowest BCUT2D eigenvalue weighted by Crippen LogP contribution is -2.25. The Morgan fingerprint density at radius 1 is 0.794 bits per heavy atom. The smallest absolute Gasteiger partial charge is 0.255 e. The van der Waals surface area contributed by atoms with E-state index in [0.29, 0.717) is 17.7 Å². The molecule has 0 heterocycles. The van der Waals surface area contributed by atoms with Crippen LogP contribution in [0.4, 0.5) is 11.4 Å². The van der Waals surface area contributed by atoms with Crippen LogP contribution in [0.5, 0.6) is 0 Å². The third kappa shape index (κ3) is 5.49. The monoisotopic (exact) mass is 468 g/mol. The Bertz CT molecular complexity index is 1330. The number of carbonyl (C=O) groups is 2. The van der Waals surface area contributed by atoms with Gasteiger partial charge in [-0.05, 0) is 72.5 Å². The fourth-order valence-corrected chi connectivity index (χ4v) is 4.90. The zero-order chi connectivity index (χ0) is 24.1. The first-order chi connectivity index (χ1) is 16.4. The minimum Gasteiger partial charge on any atom is -0.325 e. The van der Waals surface area contributed by atoms with E-state index < -0.39 is 0 Å². The summed E-state index contributed by atoms with van der Waals surface area (Å²) in [6, 6.07) is 27.3.